The predicted molar refractivity (Wildman–Crippen MR) is 54.6 cm³/mol. The van der Waals surface area contributed by atoms with Crippen LogP contribution in [0.1, 0.15) is 25.7 Å². The highest BCUT2D eigenvalue weighted by Crippen LogP contribution is 2.41. The number of likely N-dealkylation sites (tertiary alicyclic amines) is 1. The number of carbonyl (C=O) groups excluding carboxylic acids is 1. The van der Waals surface area contributed by atoms with Gasteiger partial charge in [0.25, 0.3) is 0 Å². The first kappa shape index (κ1) is 13.2. The Morgan fingerprint density at radius 1 is 1.17 bits per heavy atom. The van der Waals surface area contributed by atoms with Crippen LogP contribution in [0.3, 0.4) is 0 Å². The minimum atomic E-state index is -4.87. The number of aliphatic carboxylic acids is 1. The van der Waals surface area contributed by atoms with Gasteiger partial charge in [-0.15, -0.1) is 0 Å². The molecule has 1 saturated carbocycles. The smallest absolute Gasteiger partial charge is 0.471 e. The van der Waals surface area contributed by atoms with Gasteiger partial charge in [0, 0.05) is 12.6 Å². The number of carboxylic acids is 1. The summed E-state index contributed by atoms with van der Waals surface area (Å²) in [6, 6.07) is -0.561. The molecule has 0 bridgehead atoms. The lowest BCUT2D eigenvalue weighted by molar-refractivity contribution is -0.187. The summed E-state index contributed by atoms with van der Waals surface area (Å²) in [7, 11) is 0. The van der Waals surface area contributed by atoms with E-state index in [2.05, 4.69) is 0 Å². The Morgan fingerprint density at radius 2 is 1.83 bits per heavy atom. The van der Waals surface area contributed by atoms with E-state index in [9.17, 15) is 22.8 Å². The lowest BCUT2D eigenvalue weighted by Gasteiger charge is -2.35. The summed E-state index contributed by atoms with van der Waals surface area (Å²) in [6.07, 6.45) is -3.00. The molecule has 1 amide bonds. The maximum Gasteiger partial charge on any atom is 0.471 e. The van der Waals surface area contributed by atoms with Gasteiger partial charge in [-0.05, 0) is 25.2 Å². The molecule has 3 unspecified atom stereocenters. The molecule has 2 aliphatic rings. The first-order valence-electron chi connectivity index (χ1n) is 5.93. The third kappa shape index (κ3) is 2.18. The van der Waals surface area contributed by atoms with Crippen molar-refractivity contribution in [1.82, 2.24) is 4.90 Å². The maximum atomic E-state index is 12.4. The SMILES string of the molecule is O=C(O)C1CCCC2C1CCN2C(=O)C(F)(F)F. The van der Waals surface area contributed by atoms with E-state index in [0.717, 1.165) is 4.90 Å². The van der Waals surface area contributed by atoms with Crippen LogP contribution in [0.4, 0.5) is 13.2 Å². The molecule has 3 atom stereocenters. The van der Waals surface area contributed by atoms with Crippen molar-refractivity contribution in [3.05, 3.63) is 0 Å². The van der Waals surface area contributed by atoms with Gasteiger partial charge in [-0.2, -0.15) is 13.2 Å². The number of carbonyl (C=O) groups is 2. The van der Waals surface area contributed by atoms with Gasteiger partial charge in [0.1, 0.15) is 0 Å². The van der Waals surface area contributed by atoms with Crippen LogP contribution in [-0.4, -0.2) is 40.6 Å². The minimum absolute atomic E-state index is 0.0114. The molecule has 1 aliphatic heterocycles. The summed E-state index contributed by atoms with van der Waals surface area (Å²) >= 11 is 0. The predicted octanol–water partition coefficient (Wildman–Crippen LogP) is 1.65. The first-order valence-corrected chi connectivity index (χ1v) is 5.93. The van der Waals surface area contributed by atoms with Crippen LogP contribution >= 0.6 is 0 Å². The number of amides is 1. The summed E-state index contributed by atoms with van der Waals surface area (Å²) in [5.41, 5.74) is 0. The van der Waals surface area contributed by atoms with E-state index in [1.54, 1.807) is 0 Å². The normalized spacial score (nSPS) is 32.2. The number of rotatable bonds is 1. The fourth-order valence-electron chi connectivity index (χ4n) is 3.20. The largest absolute Gasteiger partial charge is 0.481 e. The molecular weight excluding hydrogens is 251 g/mol. The molecule has 18 heavy (non-hydrogen) atoms. The monoisotopic (exact) mass is 265 g/mol. The molecule has 0 aromatic carbocycles. The van der Waals surface area contributed by atoms with E-state index < -0.39 is 30.0 Å². The van der Waals surface area contributed by atoms with Crippen molar-refractivity contribution in [3.63, 3.8) is 0 Å². The van der Waals surface area contributed by atoms with Gasteiger partial charge in [-0.1, -0.05) is 6.42 Å². The van der Waals surface area contributed by atoms with Crippen molar-refractivity contribution in [2.75, 3.05) is 6.54 Å². The molecular formula is C11H14F3NO3. The highest BCUT2D eigenvalue weighted by molar-refractivity contribution is 5.82. The Hall–Kier alpha value is -1.27. The second-order valence-electron chi connectivity index (χ2n) is 4.89. The second kappa shape index (κ2) is 4.44. The van der Waals surface area contributed by atoms with Gasteiger partial charge >= 0.3 is 18.1 Å². The van der Waals surface area contributed by atoms with Crippen molar-refractivity contribution < 1.29 is 27.9 Å². The van der Waals surface area contributed by atoms with Crippen LogP contribution in [0.2, 0.25) is 0 Å². The number of hydrogen-bond acceptors (Lipinski definition) is 2. The number of carboxylic acid groups (broad SMARTS) is 1. The van der Waals surface area contributed by atoms with Gasteiger partial charge in [0.15, 0.2) is 0 Å². The Balaban J connectivity index is 2.15. The number of halogens is 3. The van der Waals surface area contributed by atoms with Crippen LogP contribution < -0.4 is 0 Å². The summed E-state index contributed by atoms with van der Waals surface area (Å²) in [5.74, 6) is -3.75. The lowest BCUT2D eigenvalue weighted by atomic mass is 9.76. The fraction of sp³-hybridized carbons (Fsp3) is 0.818. The molecule has 2 fully saturated rings. The van der Waals surface area contributed by atoms with E-state index in [0.29, 0.717) is 25.7 Å². The highest BCUT2D eigenvalue weighted by Gasteiger charge is 2.51. The van der Waals surface area contributed by atoms with Crippen molar-refractivity contribution >= 4 is 11.9 Å². The number of fused-ring (bicyclic) bond motifs is 1. The average Bonchev–Trinajstić information content (AvgIpc) is 2.69. The molecule has 1 saturated heterocycles. The molecule has 102 valence electrons. The van der Waals surface area contributed by atoms with E-state index in [-0.39, 0.29) is 12.5 Å². The van der Waals surface area contributed by atoms with Gasteiger partial charge in [-0.3, -0.25) is 9.59 Å². The Morgan fingerprint density at radius 3 is 2.39 bits per heavy atom. The fourth-order valence-corrected chi connectivity index (χ4v) is 3.20. The number of nitrogens with zero attached hydrogens (tertiary/aromatic N) is 1. The van der Waals surface area contributed by atoms with Crippen LogP contribution in [0.5, 0.6) is 0 Å². The van der Waals surface area contributed by atoms with E-state index in [1.165, 1.54) is 0 Å². The van der Waals surface area contributed by atoms with Crippen LogP contribution in [0.15, 0.2) is 0 Å². The summed E-state index contributed by atoms with van der Waals surface area (Å²) < 4.78 is 37.2. The van der Waals surface area contributed by atoms with Gasteiger partial charge in [0.05, 0.1) is 5.92 Å². The summed E-state index contributed by atoms with van der Waals surface area (Å²) in [4.78, 5) is 23.1. The van der Waals surface area contributed by atoms with Gasteiger partial charge < -0.3 is 10.0 Å². The molecule has 0 aromatic rings. The van der Waals surface area contributed by atoms with Gasteiger partial charge in [-0.25, -0.2) is 0 Å². The van der Waals surface area contributed by atoms with E-state index in [4.69, 9.17) is 5.11 Å². The molecule has 1 heterocycles. The lowest BCUT2D eigenvalue weighted by Crippen LogP contribution is -2.47. The zero-order chi connectivity index (χ0) is 13.5. The van der Waals surface area contributed by atoms with Crippen LogP contribution in [0, 0.1) is 11.8 Å². The highest BCUT2D eigenvalue weighted by atomic mass is 19.4. The number of alkyl halides is 3. The zero-order valence-electron chi connectivity index (χ0n) is 9.61. The maximum absolute atomic E-state index is 12.4. The second-order valence-corrected chi connectivity index (χ2v) is 4.89. The first-order chi connectivity index (χ1) is 8.32. The molecule has 4 nitrogen and oxygen atoms in total. The third-order valence-electron chi connectivity index (χ3n) is 3.95. The van der Waals surface area contributed by atoms with Crippen molar-refractivity contribution in [3.8, 4) is 0 Å². The molecule has 2 rings (SSSR count). The summed E-state index contributed by atoms with van der Waals surface area (Å²) in [5, 5.41) is 9.04. The molecule has 0 spiro atoms. The standard InChI is InChI=1S/C11H14F3NO3/c12-11(13,14)10(18)15-5-4-6-7(9(16)17)2-1-3-8(6)15/h6-8H,1-5H2,(H,16,17). The quantitative estimate of drug-likeness (QED) is 0.784. The Bertz CT molecular complexity index is 369. The zero-order valence-corrected chi connectivity index (χ0v) is 9.61. The summed E-state index contributed by atoms with van der Waals surface area (Å²) in [6.45, 7) is 0.0114. The number of hydrogen-bond donors (Lipinski definition) is 1. The average molecular weight is 265 g/mol. The van der Waals surface area contributed by atoms with Gasteiger partial charge in [0.2, 0.25) is 0 Å². The van der Waals surface area contributed by atoms with E-state index >= 15 is 0 Å². The third-order valence-corrected chi connectivity index (χ3v) is 3.95. The molecule has 0 aromatic heterocycles. The van der Waals surface area contributed by atoms with Crippen LogP contribution in [0.25, 0.3) is 0 Å². The minimum Gasteiger partial charge on any atom is -0.481 e. The van der Waals surface area contributed by atoms with Crippen LogP contribution in [-0.2, 0) is 9.59 Å². The van der Waals surface area contributed by atoms with E-state index in [1.807, 2.05) is 0 Å². The molecule has 7 heteroatoms. The van der Waals surface area contributed by atoms with Crippen molar-refractivity contribution in [2.24, 2.45) is 11.8 Å². The Kier molecular flexibility index (Phi) is 3.25. The molecule has 1 aliphatic carbocycles. The molecule has 0 radical (unpaired) electrons. The van der Waals surface area contributed by atoms with Crippen molar-refractivity contribution in [2.45, 2.75) is 37.9 Å². The topological polar surface area (TPSA) is 57.6 Å². The molecule has 1 N–H and O–H groups in total. The Labute approximate surface area is 102 Å². The van der Waals surface area contributed by atoms with Crippen molar-refractivity contribution in [1.29, 1.82) is 0 Å².